The molecule has 5 nitrogen and oxygen atoms in total. The normalized spacial score (nSPS) is 10.2. The second-order valence-electron chi connectivity index (χ2n) is 4.07. The zero-order valence-corrected chi connectivity index (χ0v) is 11.6. The summed E-state index contributed by atoms with van der Waals surface area (Å²) in [5.74, 6) is -0.429. The molecule has 0 saturated heterocycles. The first kappa shape index (κ1) is 13.4. The molecule has 100 valence electrons. The summed E-state index contributed by atoms with van der Waals surface area (Å²) in [7, 11) is 3.25. The SMILES string of the molecule is COC(=O)c1cccc(N(C)Cc2cscn2)c1N. The van der Waals surface area contributed by atoms with Crippen molar-refractivity contribution in [3.05, 3.63) is 40.3 Å². The highest BCUT2D eigenvalue weighted by molar-refractivity contribution is 7.07. The molecule has 0 spiro atoms. The van der Waals surface area contributed by atoms with E-state index in [-0.39, 0.29) is 0 Å². The van der Waals surface area contributed by atoms with Crippen LogP contribution in [0.3, 0.4) is 0 Å². The minimum atomic E-state index is -0.429. The first-order valence-electron chi connectivity index (χ1n) is 5.68. The van der Waals surface area contributed by atoms with Crippen molar-refractivity contribution in [2.75, 3.05) is 24.8 Å². The van der Waals surface area contributed by atoms with Gasteiger partial charge in [0.15, 0.2) is 0 Å². The lowest BCUT2D eigenvalue weighted by molar-refractivity contribution is 0.0602. The van der Waals surface area contributed by atoms with Gasteiger partial charge in [0.1, 0.15) is 0 Å². The Morgan fingerprint density at radius 3 is 2.95 bits per heavy atom. The summed E-state index contributed by atoms with van der Waals surface area (Å²) in [5, 5.41) is 1.98. The fourth-order valence-electron chi connectivity index (χ4n) is 1.82. The molecule has 0 radical (unpaired) electrons. The molecular weight excluding hydrogens is 262 g/mol. The van der Waals surface area contributed by atoms with Gasteiger partial charge in [-0.05, 0) is 12.1 Å². The summed E-state index contributed by atoms with van der Waals surface area (Å²) >= 11 is 1.55. The highest BCUT2D eigenvalue weighted by Gasteiger charge is 2.15. The number of carbonyl (C=O) groups excluding carboxylic acids is 1. The number of thiazole rings is 1. The highest BCUT2D eigenvalue weighted by Crippen LogP contribution is 2.27. The molecule has 1 aromatic heterocycles. The maximum Gasteiger partial charge on any atom is 0.340 e. The molecule has 0 bridgehead atoms. The smallest absolute Gasteiger partial charge is 0.340 e. The van der Waals surface area contributed by atoms with Gasteiger partial charge in [-0.3, -0.25) is 0 Å². The summed E-state index contributed by atoms with van der Waals surface area (Å²) in [6.45, 7) is 0.637. The molecule has 0 atom stereocenters. The fraction of sp³-hybridized carbons (Fsp3) is 0.231. The molecule has 2 aromatic rings. The van der Waals surface area contributed by atoms with Gasteiger partial charge in [-0.25, -0.2) is 9.78 Å². The van der Waals surface area contributed by atoms with Crippen LogP contribution in [-0.2, 0) is 11.3 Å². The highest BCUT2D eigenvalue weighted by atomic mass is 32.1. The van der Waals surface area contributed by atoms with Crippen molar-refractivity contribution >= 4 is 28.7 Å². The Balaban J connectivity index is 2.27. The van der Waals surface area contributed by atoms with Crippen molar-refractivity contribution in [3.63, 3.8) is 0 Å². The third-order valence-corrected chi connectivity index (χ3v) is 3.42. The maximum absolute atomic E-state index is 11.6. The van der Waals surface area contributed by atoms with E-state index in [1.54, 1.807) is 29.0 Å². The summed E-state index contributed by atoms with van der Waals surface area (Å²) < 4.78 is 4.71. The number of esters is 1. The number of para-hydroxylation sites is 1. The Bertz CT molecular complexity index is 569. The number of carbonyl (C=O) groups is 1. The molecule has 2 N–H and O–H groups in total. The Kier molecular flexibility index (Phi) is 4.01. The van der Waals surface area contributed by atoms with E-state index in [4.69, 9.17) is 10.5 Å². The van der Waals surface area contributed by atoms with Gasteiger partial charge in [0.25, 0.3) is 0 Å². The Hall–Kier alpha value is -2.08. The number of methoxy groups -OCH3 is 1. The average Bonchev–Trinajstić information content (AvgIpc) is 2.90. The van der Waals surface area contributed by atoms with E-state index in [0.717, 1.165) is 11.4 Å². The van der Waals surface area contributed by atoms with Crippen molar-refractivity contribution in [1.29, 1.82) is 0 Å². The molecule has 2 rings (SSSR count). The largest absolute Gasteiger partial charge is 0.465 e. The minimum Gasteiger partial charge on any atom is -0.465 e. The monoisotopic (exact) mass is 277 g/mol. The molecule has 0 aliphatic carbocycles. The molecule has 0 fully saturated rings. The predicted molar refractivity (Wildman–Crippen MR) is 76.4 cm³/mol. The lowest BCUT2D eigenvalue weighted by atomic mass is 10.1. The Morgan fingerprint density at radius 2 is 2.32 bits per heavy atom. The number of hydrogen-bond donors (Lipinski definition) is 1. The van der Waals surface area contributed by atoms with Gasteiger partial charge in [-0.2, -0.15) is 0 Å². The van der Waals surface area contributed by atoms with E-state index in [1.807, 2.05) is 23.4 Å². The van der Waals surface area contributed by atoms with Crippen LogP contribution < -0.4 is 10.6 Å². The fourth-order valence-corrected chi connectivity index (χ4v) is 2.37. The van der Waals surface area contributed by atoms with E-state index in [0.29, 0.717) is 17.8 Å². The van der Waals surface area contributed by atoms with Crippen LogP contribution >= 0.6 is 11.3 Å². The van der Waals surface area contributed by atoms with E-state index in [1.165, 1.54) is 7.11 Å². The number of aromatic nitrogens is 1. The second-order valence-corrected chi connectivity index (χ2v) is 4.78. The average molecular weight is 277 g/mol. The van der Waals surface area contributed by atoms with Crippen LogP contribution in [-0.4, -0.2) is 25.1 Å². The third-order valence-electron chi connectivity index (χ3n) is 2.78. The molecule has 0 aliphatic heterocycles. The molecule has 1 aromatic carbocycles. The number of nitrogens with two attached hydrogens (primary N) is 1. The first-order chi connectivity index (χ1) is 9.13. The van der Waals surface area contributed by atoms with E-state index >= 15 is 0 Å². The van der Waals surface area contributed by atoms with Crippen LogP contribution in [0.5, 0.6) is 0 Å². The Labute approximate surface area is 115 Å². The van der Waals surface area contributed by atoms with Gasteiger partial charge in [-0.15, -0.1) is 11.3 Å². The van der Waals surface area contributed by atoms with Crippen LogP contribution in [0.4, 0.5) is 11.4 Å². The number of rotatable bonds is 4. The summed E-state index contributed by atoms with van der Waals surface area (Å²) in [4.78, 5) is 17.8. The quantitative estimate of drug-likeness (QED) is 0.685. The van der Waals surface area contributed by atoms with Gasteiger partial charge in [0, 0.05) is 12.4 Å². The minimum absolute atomic E-state index is 0.380. The molecular formula is C13H15N3O2S. The molecule has 6 heteroatoms. The summed E-state index contributed by atoms with van der Waals surface area (Å²) in [6, 6.07) is 5.31. The second kappa shape index (κ2) is 5.71. The molecule has 0 aliphatic rings. The van der Waals surface area contributed by atoms with Gasteiger partial charge in [0.05, 0.1) is 41.8 Å². The van der Waals surface area contributed by atoms with Gasteiger partial charge in [0.2, 0.25) is 0 Å². The van der Waals surface area contributed by atoms with Crippen LogP contribution in [0.15, 0.2) is 29.1 Å². The Morgan fingerprint density at radius 1 is 1.53 bits per heavy atom. The number of hydrogen-bond acceptors (Lipinski definition) is 6. The van der Waals surface area contributed by atoms with Gasteiger partial charge < -0.3 is 15.4 Å². The van der Waals surface area contributed by atoms with E-state index < -0.39 is 5.97 Å². The summed E-state index contributed by atoms with van der Waals surface area (Å²) in [5.41, 5.74) is 10.4. The van der Waals surface area contributed by atoms with E-state index in [9.17, 15) is 4.79 Å². The number of anilines is 2. The number of ether oxygens (including phenoxy) is 1. The topological polar surface area (TPSA) is 68.5 Å². The predicted octanol–water partition coefficient (Wildman–Crippen LogP) is 2.15. The molecule has 0 saturated carbocycles. The van der Waals surface area contributed by atoms with Gasteiger partial charge in [-0.1, -0.05) is 6.07 Å². The summed E-state index contributed by atoms with van der Waals surface area (Å²) in [6.07, 6.45) is 0. The number of nitrogen functional groups attached to an aromatic ring is 1. The zero-order chi connectivity index (χ0) is 13.8. The number of nitrogens with zero attached hydrogens (tertiary/aromatic N) is 2. The third kappa shape index (κ3) is 2.85. The standard InChI is InChI=1S/C13H15N3O2S/c1-16(6-9-7-19-8-15-9)11-5-3-4-10(12(11)14)13(17)18-2/h3-5,7-8H,6,14H2,1-2H3. The van der Waals surface area contributed by atoms with Crippen molar-refractivity contribution in [2.45, 2.75) is 6.54 Å². The van der Waals surface area contributed by atoms with Crippen LogP contribution in [0.1, 0.15) is 16.1 Å². The molecule has 0 unspecified atom stereocenters. The lowest BCUT2D eigenvalue weighted by Gasteiger charge is -2.21. The zero-order valence-electron chi connectivity index (χ0n) is 10.8. The lowest BCUT2D eigenvalue weighted by Crippen LogP contribution is -2.19. The molecule has 1 heterocycles. The van der Waals surface area contributed by atoms with Crippen molar-refractivity contribution in [1.82, 2.24) is 4.98 Å². The molecule has 0 amide bonds. The van der Waals surface area contributed by atoms with Crippen LogP contribution in [0.25, 0.3) is 0 Å². The maximum atomic E-state index is 11.6. The molecule has 19 heavy (non-hydrogen) atoms. The number of benzene rings is 1. The first-order valence-corrected chi connectivity index (χ1v) is 6.62. The van der Waals surface area contributed by atoms with Crippen LogP contribution in [0, 0.1) is 0 Å². The van der Waals surface area contributed by atoms with Crippen LogP contribution in [0.2, 0.25) is 0 Å². The van der Waals surface area contributed by atoms with Crippen molar-refractivity contribution in [3.8, 4) is 0 Å². The van der Waals surface area contributed by atoms with Crippen molar-refractivity contribution < 1.29 is 9.53 Å². The van der Waals surface area contributed by atoms with Crippen molar-refractivity contribution in [2.24, 2.45) is 0 Å². The van der Waals surface area contributed by atoms with Gasteiger partial charge >= 0.3 is 5.97 Å². The van der Waals surface area contributed by atoms with E-state index in [2.05, 4.69) is 4.98 Å².